The first-order valence-corrected chi connectivity index (χ1v) is 10.3. The van der Waals surface area contributed by atoms with Crippen molar-refractivity contribution in [1.82, 2.24) is 5.32 Å². The highest BCUT2D eigenvalue weighted by Crippen LogP contribution is 2.23. The van der Waals surface area contributed by atoms with Crippen LogP contribution in [0.4, 0.5) is 5.00 Å². The van der Waals surface area contributed by atoms with Crippen molar-refractivity contribution in [1.29, 1.82) is 0 Å². The van der Waals surface area contributed by atoms with E-state index in [-0.39, 0.29) is 23.3 Å². The van der Waals surface area contributed by atoms with Crippen molar-refractivity contribution in [2.45, 2.75) is 26.3 Å². The molecule has 2 aromatic heterocycles. The quantitative estimate of drug-likeness (QED) is 0.527. The molecule has 1 atom stereocenters. The fourth-order valence-corrected chi connectivity index (χ4v) is 3.50. The number of rotatable bonds is 8. The Bertz CT molecular complexity index is 1010. The lowest BCUT2D eigenvalue weighted by Crippen LogP contribution is -2.31. The lowest BCUT2D eigenvalue weighted by atomic mass is 10.1. The Morgan fingerprint density at radius 1 is 1.10 bits per heavy atom. The first-order valence-electron chi connectivity index (χ1n) is 9.46. The zero-order chi connectivity index (χ0) is 21.5. The Hall–Kier alpha value is -3.39. The maximum absolute atomic E-state index is 12.2. The van der Waals surface area contributed by atoms with Crippen molar-refractivity contribution in [3.8, 4) is 0 Å². The second-order valence-corrected chi connectivity index (χ2v) is 7.64. The van der Waals surface area contributed by atoms with E-state index in [4.69, 9.17) is 9.15 Å². The third-order valence-electron chi connectivity index (χ3n) is 4.39. The number of esters is 1. The Morgan fingerprint density at radius 3 is 2.53 bits per heavy atom. The SMILES string of the molecule is CCc1ccc(C(C)NC(=O)COC(=O)c2ccc(NC(=O)c3ccco3)s2)cc1. The Kier molecular flexibility index (Phi) is 7.03. The predicted molar refractivity (Wildman–Crippen MR) is 114 cm³/mol. The first kappa shape index (κ1) is 21.3. The normalized spacial score (nSPS) is 11.5. The van der Waals surface area contributed by atoms with Crippen LogP contribution in [0.5, 0.6) is 0 Å². The number of hydrogen-bond donors (Lipinski definition) is 2. The molecule has 30 heavy (non-hydrogen) atoms. The van der Waals surface area contributed by atoms with Crippen LogP contribution in [0, 0.1) is 0 Å². The molecule has 0 fully saturated rings. The van der Waals surface area contributed by atoms with E-state index in [1.54, 1.807) is 12.1 Å². The smallest absolute Gasteiger partial charge is 0.348 e. The third kappa shape index (κ3) is 5.57. The highest BCUT2D eigenvalue weighted by molar-refractivity contribution is 7.18. The van der Waals surface area contributed by atoms with Crippen LogP contribution in [0.1, 0.15) is 51.2 Å². The summed E-state index contributed by atoms with van der Waals surface area (Å²) in [5.41, 5.74) is 2.20. The summed E-state index contributed by atoms with van der Waals surface area (Å²) in [7, 11) is 0. The minimum atomic E-state index is -0.631. The Labute approximate surface area is 178 Å². The molecule has 0 bridgehead atoms. The maximum atomic E-state index is 12.2. The zero-order valence-electron chi connectivity index (χ0n) is 16.6. The molecule has 3 aromatic rings. The number of anilines is 1. The van der Waals surface area contributed by atoms with Gasteiger partial charge in [-0.2, -0.15) is 0 Å². The van der Waals surface area contributed by atoms with Gasteiger partial charge in [-0.25, -0.2) is 4.79 Å². The van der Waals surface area contributed by atoms with Crippen molar-refractivity contribution in [3.05, 3.63) is 76.6 Å². The molecule has 1 unspecified atom stereocenters. The number of thiophene rings is 1. The number of nitrogens with one attached hydrogen (secondary N) is 2. The molecule has 0 aliphatic rings. The van der Waals surface area contributed by atoms with Gasteiger partial charge in [-0.1, -0.05) is 31.2 Å². The zero-order valence-corrected chi connectivity index (χ0v) is 17.5. The van der Waals surface area contributed by atoms with Crippen LogP contribution in [0.25, 0.3) is 0 Å². The average Bonchev–Trinajstić information content (AvgIpc) is 3.44. The van der Waals surface area contributed by atoms with E-state index in [9.17, 15) is 14.4 Å². The molecule has 0 aliphatic carbocycles. The van der Waals surface area contributed by atoms with Crippen LogP contribution in [0.15, 0.2) is 59.2 Å². The molecule has 1 aromatic carbocycles. The van der Waals surface area contributed by atoms with Crippen LogP contribution in [-0.2, 0) is 16.0 Å². The number of hydrogen-bond acceptors (Lipinski definition) is 6. The number of furan rings is 1. The van der Waals surface area contributed by atoms with Gasteiger partial charge in [-0.05, 0) is 48.7 Å². The number of benzene rings is 1. The number of aryl methyl sites for hydroxylation is 1. The second-order valence-electron chi connectivity index (χ2n) is 6.56. The molecule has 0 aliphatic heterocycles. The van der Waals surface area contributed by atoms with Crippen LogP contribution < -0.4 is 10.6 Å². The Morgan fingerprint density at radius 2 is 1.87 bits per heavy atom. The number of ether oxygens (including phenoxy) is 1. The number of carbonyl (C=O) groups is 3. The fraction of sp³-hybridized carbons (Fsp3) is 0.227. The molecule has 0 saturated heterocycles. The molecule has 0 radical (unpaired) electrons. The summed E-state index contributed by atoms with van der Waals surface area (Å²) in [5, 5.41) is 5.91. The lowest BCUT2D eigenvalue weighted by Gasteiger charge is -2.14. The number of amides is 2. The van der Waals surface area contributed by atoms with E-state index in [1.165, 1.54) is 24.0 Å². The molecular formula is C22H22N2O5S. The molecule has 0 spiro atoms. The molecular weight excluding hydrogens is 404 g/mol. The molecule has 8 heteroatoms. The summed E-state index contributed by atoms with van der Waals surface area (Å²) in [6.45, 7) is 3.56. The molecule has 2 N–H and O–H groups in total. The second kappa shape index (κ2) is 9.89. The molecule has 3 rings (SSSR count). The summed E-state index contributed by atoms with van der Waals surface area (Å²) in [5.74, 6) is -1.27. The van der Waals surface area contributed by atoms with Gasteiger partial charge in [0.05, 0.1) is 17.3 Å². The third-order valence-corrected chi connectivity index (χ3v) is 5.37. The van der Waals surface area contributed by atoms with E-state index >= 15 is 0 Å². The minimum absolute atomic E-state index is 0.169. The average molecular weight is 426 g/mol. The largest absolute Gasteiger partial charge is 0.459 e. The molecule has 0 saturated carbocycles. The predicted octanol–water partition coefficient (Wildman–Crippen LogP) is 4.19. The van der Waals surface area contributed by atoms with Gasteiger partial charge in [0.2, 0.25) is 0 Å². The van der Waals surface area contributed by atoms with E-state index in [0.29, 0.717) is 5.00 Å². The van der Waals surface area contributed by atoms with Gasteiger partial charge >= 0.3 is 5.97 Å². The summed E-state index contributed by atoms with van der Waals surface area (Å²) < 4.78 is 10.1. The molecule has 2 heterocycles. The summed E-state index contributed by atoms with van der Waals surface area (Å²) in [6.07, 6.45) is 2.35. The highest BCUT2D eigenvalue weighted by atomic mass is 32.1. The van der Waals surface area contributed by atoms with Gasteiger partial charge in [0.15, 0.2) is 12.4 Å². The van der Waals surface area contributed by atoms with E-state index in [1.807, 2.05) is 31.2 Å². The summed E-state index contributed by atoms with van der Waals surface area (Å²) in [6, 6.07) is 14.1. The topological polar surface area (TPSA) is 97.6 Å². The summed E-state index contributed by atoms with van der Waals surface area (Å²) >= 11 is 1.05. The highest BCUT2D eigenvalue weighted by Gasteiger charge is 2.16. The van der Waals surface area contributed by atoms with Crippen LogP contribution in [0.2, 0.25) is 0 Å². The van der Waals surface area contributed by atoms with Gasteiger partial charge in [0.25, 0.3) is 11.8 Å². The first-order chi connectivity index (χ1) is 14.5. The van der Waals surface area contributed by atoms with Gasteiger partial charge in [0.1, 0.15) is 4.88 Å². The van der Waals surface area contributed by atoms with Crippen molar-refractivity contribution in [3.63, 3.8) is 0 Å². The lowest BCUT2D eigenvalue weighted by molar-refractivity contribution is -0.124. The molecule has 156 valence electrons. The minimum Gasteiger partial charge on any atom is -0.459 e. The monoisotopic (exact) mass is 426 g/mol. The van der Waals surface area contributed by atoms with Crippen molar-refractivity contribution >= 4 is 34.1 Å². The van der Waals surface area contributed by atoms with Crippen LogP contribution >= 0.6 is 11.3 Å². The molecule has 2 amide bonds. The van der Waals surface area contributed by atoms with E-state index in [0.717, 1.165) is 23.3 Å². The fourth-order valence-electron chi connectivity index (χ4n) is 2.71. The van der Waals surface area contributed by atoms with Crippen molar-refractivity contribution in [2.75, 3.05) is 11.9 Å². The van der Waals surface area contributed by atoms with Gasteiger partial charge in [-0.15, -0.1) is 11.3 Å². The van der Waals surface area contributed by atoms with E-state index < -0.39 is 17.8 Å². The van der Waals surface area contributed by atoms with Crippen LogP contribution in [-0.4, -0.2) is 24.4 Å². The maximum Gasteiger partial charge on any atom is 0.348 e. The summed E-state index contributed by atoms with van der Waals surface area (Å²) in [4.78, 5) is 36.5. The van der Waals surface area contributed by atoms with E-state index in [2.05, 4.69) is 17.6 Å². The standard InChI is InChI=1S/C22H22N2O5S/c1-3-15-6-8-16(9-7-15)14(2)23-19(25)13-29-22(27)18-10-11-20(30-18)24-21(26)17-5-4-12-28-17/h4-12,14H,3,13H2,1-2H3,(H,23,25)(H,24,26). The van der Waals surface area contributed by atoms with Gasteiger partial charge in [-0.3, -0.25) is 9.59 Å². The molecule has 7 nitrogen and oxygen atoms in total. The van der Waals surface area contributed by atoms with Crippen molar-refractivity contribution in [2.24, 2.45) is 0 Å². The van der Waals surface area contributed by atoms with Crippen molar-refractivity contribution < 1.29 is 23.5 Å². The number of carbonyl (C=O) groups excluding carboxylic acids is 3. The van der Waals surface area contributed by atoms with Gasteiger partial charge in [0, 0.05) is 0 Å². The van der Waals surface area contributed by atoms with Gasteiger partial charge < -0.3 is 19.8 Å². The Balaban J connectivity index is 1.47. The van der Waals surface area contributed by atoms with Crippen LogP contribution in [0.3, 0.4) is 0 Å².